The van der Waals surface area contributed by atoms with Crippen LogP contribution < -0.4 is 4.74 Å². The molecule has 0 radical (unpaired) electrons. The molecule has 0 aliphatic heterocycles. The van der Waals surface area contributed by atoms with Crippen LogP contribution in [0, 0.1) is 0 Å². The third-order valence-electron chi connectivity index (χ3n) is 3.34. The van der Waals surface area contributed by atoms with Gasteiger partial charge in [0.05, 0.1) is 4.90 Å². The zero-order valence-electron chi connectivity index (χ0n) is 13.1. The monoisotopic (exact) mass is 340 g/mol. The maximum Gasteiger partial charge on any atom is 0.222 e. The van der Waals surface area contributed by atoms with E-state index in [4.69, 9.17) is 4.74 Å². The van der Waals surface area contributed by atoms with E-state index in [0.717, 1.165) is 11.8 Å². The molecule has 0 saturated carbocycles. The Balaban J connectivity index is 1.80. The number of ether oxygens (including phenoxy) is 1. The predicted octanol–water partition coefficient (Wildman–Crippen LogP) is 3.26. The van der Waals surface area contributed by atoms with Gasteiger partial charge in [0, 0.05) is 24.9 Å². The molecule has 0 amide bonds. The minimum Gasteiger partial charge on any atom is -0.439 e. The normalized spacial score (nSPS) is 11.2. The van der Waals surface area contributed by atoms with E-state index in [1.165, 1.54) is 12.1 Å². The molecule has 2 aromatic carbocycles. The van der Waals surface area contributed by atoms with Gasteiger partial charge < -0.3 is 4.74 Å². The van der Waals surface area contributed by atoms with Crippen LogP contribution in [0.15, 0.2) is 71.8 Å². The molecule has 6 heteroatoms. The fraction of sp³-hybridized carbons (Fsp3) is 0.111. The first-order valence-corrected chi connectivity index (χ1v) is 9.24. The van der Waals surface area contributed by atoms with Crippen LogP contribution in [0.5, 0.6) is 11.6 Å². The van der Waals surface area contributed by atoms with Crippen LogP contribution in [0.25, 0.3) is 0 Å². The average molecular weight is 340 g/mol. The Hall–Kier alpha value is -2.73. The van der Waals surface area contributed by atoms with E-state index >= 15 is 0 Å². The summed E-state index contributed by atoms with van der Waals surface area (Å²) in [6.07, 6.45) is 3.39. The van der Waals surface area contributed by atoms with Crippen molar-refractivity contribution in [1.29, 1.82) is 0 Å². The predicted molar refractivity (Wildman–Crippen MR) is 90.9 cm³/mol. The Morgan fingerprint density at radius 3 is 2.54 bits per heavy atom. The second-order valence-electron chi connectivity index (χ2n) is 5.32. The van der Waals surface area contributed by atoms with Crippen LogP contribution in [0.2, 0.25) is 0 Å². The minimum atomic E-state index is -3.28. The third-order valence-corrected chi connectivity index (χ3v) is 4.45. The molecule has 1 heterocycles. The van der Waals surface area contributed by atoms with Crippen LogP contribution >= 0.6 is 0 Å². The quantitative estimate of drug-likeness (QED) is 0.713. The zero-order valence-corrected chi connectivity index (χ0v) is 13.9. The SMILES string of the molecule is CS(=O)(=O)c1cccc(Oc2ccnc(Cc3ccccc3)n2)c1. The average Bonchev–Trinajstić information content (AvgIpc) is 2.56. The molecule has 1 aromatic heterocycles. The zero-order chi connectivity index (χ0) is 17.0. The standard InChI is InChI=1S/C18H16N2O3S/c1-24(21,22)16-9-5-8-15(13-16)23-18-10-11-19-17(20-18)12-14-6-3-2-4-7-14/h2-11,13H,12H2,1H3. The van der Waals surface area contributed by atoms with Gasteiger partial charge in [0.2, 0.25) is 5.88 Å². The van der Waals surface area contributed by atoms with Crippen molar-refractivity contribution < 1.29 is 13.2 Å². The van der Waals surface area contributed by atoms with Crippen molar-refractivity contribution >= 4 is 9.84 Å². The molecule has 3 rings (SSSR count). The second-order valence-corrected chi connectivity index (χ2v) is 7.34. The summed E-state index contributed by atoms with van der Waals surface area (Å²) in [7, 11) is -3.28. The van der Waals surface area contributed by atoms with Crippen molar-refractivity contribution in [3.63, 3.8) is 0 Å². The molecule has 122 valence electrons. The van der Waals surface area contributed by atoms with Crippen LogP contribution in [-0.2, 0) is 16.3 Å². The van der Waals surface area contributed by atoms with Gasteiger partial charge in [-0.2, -0.15) is 4.98 Å². The van der Waals surface area contributed by atoms with E-state index in [1.54, 1.807) is 24.4 Å². The first-order valence-electron chi connectivity index (χ1n) is 7.34. The van der Waals surface area contributed by atoms with Gasteiger partial charge in [-0.1, -0.05) is 36.4 Å². The van der Waals surface area contributed by atoms with Crippen molar-refractivity contribution in [1.82, 2.24) is 9.97 Å². The lowest BCUT2D eigenvalue weighted by Crippen LogP contribution is -1.99. The van der Waals surface area contributed by atoms with Crippen molar-refractivity contribution in [3.8, 4) is 11.6 Å². The van der Waals surface area contributed by atoms with E-state index < -0.39 is 9.84 Å². The number of sulfone groups is 1. The fourth-order valence-corrected chi connectivity index (χ4v) is 2.85. The van der Waals surface area contributed by atoms with Crippen LogP contribution in [0.1, 0.15) is 11.4 Å². The van der Waals surface area contributed by atoms with Gasteiger partial charge in [0.25, 0.3) is 0 Å². The highest BCUT2D eigenvalue weighted by Gasteiger charge is 2.09. The molecule has 0 spiro atoms. The Labute approximate surface area is 140 Å². The molecule has 5 nitrogen and oxygen atoms in total. The Morgan fingerprint density at radius 2 is 1.79 bits per heavy atom. The van der Waals surface area contributed by atoms with Crippen LogP contribution in [-0.4, -0.2) is 24.6 Å². The van der Waals surface area contributed by atoms with Crippen molar-refractivity contribution in [2.75, 3.05) is 6.26 Å². The first-order chi connectivity index (χ1) is 11.5. The van der Waals surface area contributed by atoms with E-state index in [0.29, 0.717) is 23.9 Å². The summed E-state index contributed by atoms with van der Waals surface area (Å²) in [5.41, 5.74) is 1.11. The molecule has 0 fully saturated rings. The van der Waals surface area contributed by atoms with Crippen molar-refractivity contribution in [3.05, 3.63) is 78.2 Å². The highest BCUT2D eigenvalue weighted by Crippen LogP contribution is 2.22. The second kappa shape index (κ2) is 6.80. The highest BCUT2D eigenvalue weighted by molar-refractivity contribution is 7.90. The number of hydrogen-bond acceptors (Lipinski definition) is 5. The summed E-state index contributed by atoms with van der Waals surface area (Å²) in [5, 5.41) is 0. The summed E-state index contributed by atoms with van der Waals surface area (Å²) < 4.78 is 28.9. The topological polar surface area (TPSA) is 69.2 Å². The lowest BCUT2D eigenvalue weighted by molar-refractivity contribution is 0.457. The van der Waals surface area contributed by atoms with Gasteiger partial charge in [-0.15, -0.1) is 0 Å². The van der Waals surface area contributed by atoms with Gasteiger partial charge in [-0.05, 0) is 23.8 Å². The number of hydrogen-bond donors (Lipinski definition) is 0. The van der Waals surface area contributed by atoms with Gasteiger partial charge in [0.15, 0.2) is 9.84 Å². The van der Waals surface area contributed by atoms with E-state index in [9.17, 15) is 8.42 Å². The van der Waals surface area contributed by atoms with Crippen LogP contribution in [0.4, 0.5) is 0 Å². The molecule has 0 bridgehead atoms. The smallest absolute Gasteiger partial charge is 0.222 e. The first kappa shape index (κ1) is 16.1. The number of rotatable bonds is 5. The van der Waals surface area contributed by atoms with Crippen LogP contribution in [0.3, 0.4) is 0 Å². The third kappa shape index (κ3) is 4.17. The fourth-order valence-electron chi connectivity index (χ4n) is 2.19. The molecule has 0 aliphatic rings. The van der Waals surface area contributed by atoms with Gasteiger partial charge in [0.1, 0.15) is 11.6 Å². The largest absolute Gasteiger partial charge is 0.439 e. The summed E-state index contributed by atoms with van der Waals surface area (Å²) in [5.74, 6) is 1.43. The van der Waals surface area contributed by atoms with E-state index in [1.807, 2.05) is 30.3 Å². The number of benzene rings is 2. The summed E-state index contributed by atoms with van der Waals surface area (Å²) in [4.78, 5) is 8.83. The van der Waals surface area contributed by atoms with Crippen molar-refractivity contribution in [2.45, 2.75) is 11.3 Å². The molecule has 0 unspecified atom stereocenters. The lowest BCUT2D eigenvalue weighted by Gasteiger charge is -2.07. The van der Waals surface area contributed by atoms with Gasteiger partial charge >= 0.3 is 0 Å². The summed E-state index contributed by atoms with van der Waals surface area (Å²) in [6.45, 7) is 0. The van der Waals surface area contributed by atoms with Gasteiger partial charge in [-0.25, -0.2) is 13.4 Å². The molecule has 0 aliphatic carbocycles. The van der Waals surface area contributed by atoms with E-state index in [2.05, 4.69) is 9.97 Å². The van der Waals surface area contributed by atoms with Crippen molar-refractivity contribution in [2.24, 2.45) is 0 Å². The minimum absolute atomic E-state index is 0.207. The molecular formula is C18H16N2O3S. The Bertz CT molecular complexity index is 941. The molecular weight excluding hydrogens is 324 g/mol. The maximum absolute atomic E-state index is 11.6. The number of nitrogens with zero attached hydrogens (tertiary/aromatic N) is 2. The highest BCUT2D eigenvalue weighted by atomic mass is 32.2. The molecule has 3 aromatic rings. The molecule has 0 saturated heterocycles. The summed E-state index contributed by atoms with van der Waals surface area (Å²) in [6, 6.07) is 17.9. The van der Waals surface area contributed by atoms with Gasteiger partial charge in [-0.3, -0.25) is 0 Å². The maximum atomic E-state index is 11.6. The molecule has 0 N–H and O–H groups in total. The molecule has 24 heavy (non-hydrogen) atoms. The van der Waals surface area contributed by atoms with E-state index in [-0.39, 0.29) is 4.90 Å². The molecule has 0 atom stereocenters. The summed E-state index contributed by atoms with van der Waals surface area (Å²) >= 11 is 0. The Kier molecular flexibility index (Phi) is 4.57. The Morgan fingerprint density at radius 1 is 1.00 bits per heavy atom. The number of aromatic nitrogens is 2. The lowest BCUT2D eigenvalue weighted by atomic mass is 10.1.